The minimum Gasteiger partial charge on any atom is -0.380 e. The number of nitrogens with one attached hydrogen (secondary N) is 2. The Bertz CT molecular complexity index is 1250. The van der Waals surface area contributed by atoms with Gasteiger partial charge in [-0.1, -0.05) is 48.6 Å². The maximum atomic E-state index is 4.45. The van der Waals surface area contributed by atoms with Crippen LogP contribution in [0.1, 0.15) is 43.9 Å². The summed E-state index contributed by atoms with van der Waals surface area (Å²) in [5.74, 6) is 0.796. The minimum absolute atomic E-state index is 0.391. The fourth-order valence-electron chi connectivity index (χ4n) is 6.07. The van der Waals surface area contributed by atoms with Crippen LogP contribution < -0.4 is 10.6 Å². The number of fused-ring (bicyclic) bond motifs is 4. The summed E-state index contributed by atoms with van der Waals surface area (Å²) in [6.07, 6.45) is 8.80. The van der Waals surface area contributed by atoms with E-state index in [4.69, 9.17) is 0 Å². The number of allylic oxidation sites excluding steroid dienone is 1. The van der Waals surface area contributed by atoms with Crippen LogP contribution in [0.4, 0.5) is 5.69 Å². The Hall–Kier alpha value is -2.82. The van der Waals surface area contributed by atoms with Gasteiger partial charge in [0.1, 0.15) is 0 Å². The highest BCUT2D eigenvalue weighted by Crippen LogP contribution is 2.38. The third-order valence-corrected chi connectivity index (χ3v) is 9.29. The topological polar surface area (TPSA) is 27.3 Å². The molecule has 1 aliphatic carbocycles. The molecular formula is C32H39N3S. The number of hydrogen-bond donors (Lipinski definition) is 2. The molecule has 4 aliphatic rings. The molecule has 2 atom stereocenters. The molecule has 1 aromatic heterocycles. The zero-order valence-electron chi connectivity index (χ0n) is 21.6. The van der Waals surface area contributed by atoms with Gasteiger partial charge < -0.3 is 15.5 Å². The Balaban J connectivity index is 0.00000130. The van der Waals surface area contributed by atoms with E-state index in [-0.39, 0.29) is 0 Å². The number of rotatable bonds is 7. The van der Waals surface area contributed by atoms with Gasteiger partial charge in [-0.25, -0.2) is 0 Å². The molecule has 0 saturated carbocycles. The van der Waals surface area contributed by atoms with Gasteiger partial charge >= 0.3 is 0 Å². The Morgan fingerprint density at radius 2 is 1.89 bits per heavy atom. The van der Waals surface area contributed by atoms with Gasteiger partial charge in [0.2, 0.25) is 0 Å². The van der Waals surface area contributed by atoms with Crippen molar-refractivity contribution in [3.8, 4) is 11.1 Å². The maximum absolute atomic E-state index is 4.45. The second-order valence-corrected chi connectivity index (χ2v) is 11.4. The van der Waals surface area contributed by atoms with Crippen molar-refractivity contribution in [1.82, 2.24) is 10.2 Å². The molecule has 3 nitrogen and oxygen atoms in total. The molecule has 0 amide bonds. The lowest BCUT2D eigenvalue weighted by molar-refractivity contribution is 0.0802. The third kappa shape index (κ3) is 5.16. The van der Waals surface area contributed by atoms with Crippen LogP contribution >= 0.6 is 11.3 Å². The molecule has 7 rings (SSSR count). The normalized spacial score (nSPS) is 23.5. The monoisotopic (exact) mass is 497 g/mol. The van der Waals surface area contributed by atoms with Crippen LogP contribution in [0.15, 0.2) is 79.9 Å². The summed E-state index contributed by atoms with van der Waals surface area (Å²) in [5, 5.41) is 8.84. The Morgan fingerprint density at radius 3 is 2.61 bits per heavy atom. The summed E-state index contributed by atoms with van der Waals surface area (Å²) in [6, 6.07) is 18.8. The third-order valence-electron chi connectivity index (χ3n) is 8.05. The minimum atomic E-state index is 0.391. The van der Waals surface area contributed by atoms with Crippen LogP contribution in [-0.4, -0.2) is 36.6 Å². The van der Waals surface area contributed by atoms with E-state index in [1.54, 1.807) is 5.57 Å². The van der Waals surface area contributed by atoms with Crippen molar-refractivity contribution < 1.29 is 0 Å². The van der Waals surface area contributed by atoms with Crippen molar-refractivity contribution in [2.75, 3.05) is 25.0 Å². The average Bonchev–Trinajstić information content (AvgIpc) is 3.61. The van der Waals surface area contributed by atoms with Gasteiger partial charge in [-0.3, -0.25) is 0 Å². The molecule has 2 unspecified atom stereocenters. The molecule has 4 heterocycles. The molecule has 2 N–H and O–H groups in total. The van der Waals surface area contributed by atoms with Crippen LogP contribution in [0.2, 0.25) is 0 Å². The van der Waals surface area contributed by atoms with E-state index in [9.17, 15) is 0 Å². The Kier molecular flexibility index (Phi) is 7.64. The largest absolute Gasteiger partial charge is 0.380 e. The van der Waals surface area contributed by atoms with Crippen molar-refractivity contribution in [3.05, 3.63) is 84.8 Å². The average molecular weight is 498 g/mol. The highest BCUT2D eigenvalue weighted by molar-refractivity contribution is 7.20. The number of nitrogens with zero attached hydrogens (tertiary/aromatic N) is 1. The predicted octanol–water partition coefficient (Wildman–Crippen LogP) is 7.94. The maximum Gasteiger partial charge on any atom is 0.0508 e. The van der Waals surface area contributed by atoms with Gasteiger partial charge in [0.25, 0.3) is 0 Å². The standard InChI is InChI=1S/C30H35N3S.C2H4/c1-20(22-7-3-4-8-22)31-26-11-5-9-24(17-26)27-12-6-10-25-18-29(34-30(25)27)21(2)32-28-19-33-15-13-23(28)14-16-33;1-2/h5-7,9-12,17-18,20,23,28,31-32H,2-4,8,13-16,19H2,1H3;1-2H2. The summed E-state index contributed by atoms with van der Waals surface area (Å²) in [6.45, 7) is 16.4. The van der Waals surface area contributed by atoms with Crippen molar-refractivity contribution >= 4 is 32.8 Å². The van der Waals surface area contributed by atoms with Crippen LogP contribution in [0.3, 0.4) is 0 Å². The SMILES string of the molecule is C=C.C=C(NC1CN2CCC1CC2)c1cc2cccc(-c3cccc(NC(C)C4=CCCC4)c3)c2s1. The van der Waals surface area contributed by atoms with E-state index in [0.717, 1.165) is 18.2 Å². The summed E-state index contributed by atoms with van der Waals surface area (Å²) in [7, 11) is 0. The van der Waals surface area contributed by atoms with Crippen LogP contribution in [0, 0.1) is 5.92 Å². The van der Waals surface area contributed by atoms with E-state index < -0.39 is 0 Å². The second kappa shape index (κ2) is 11.1. The Morgan fingerprint density at radius 1 is 1.08 bits per heavy atom. The van der Waals surface area contributed by atoms with Crippen LogP contribution in [0.25, 0.3) is 26.9 Å². The number of benzene rings is 2. The van der Waals surface area contributed by atoms with Gasteiger partial charge in [-0.15, -0.1) is 24.5 Å². The fraction of sp³-hybridized carbons (Fsp3) is 0.375. The lowest BCUT2D eigenvalue weighted by Crippen LogP contribution is -2.55. The summed E-state index contributed by atoms with van der Waals surface area (Å²) < 4.78 is 1.35. The molecule has 36 heavy (non-hydrogen) atoms. The van der Waals surface area contributed by atoms with Crippen LogP contribution in [0.5, 0.6) is 0 Å². The van der Waals surface area contributed by atoms with E-state index >= 15 is 0 Å². The molecule has 3 saturated heterocycles. The zero-order valence-corrected chi connectivity index (χ0v) is 22.4. The van der Waals surface area contributed by atoms with Gasteiger partial charge in [0.05, 0.1) is 4.88 Å². The first-order valence-corrected chi connectivity index (χ1v) is 14.2. The van der Waals surface area contributed by atoms with E-state index in [0.29, 0.717) is 12.1 Å². The van der Waals surface area contributed by atoms with Crippen molar-refractivity contribution in [1.29, 1.82) is 0 Å². The lowest BCUT2D eigenvalue weighted by Gasteiger charge is -2.45. The van der Waals surface area contributed by atoms with Gasteiger partial charge in [-0.05, 0) is 92.7 Å². The van der Waals surface area contributed by atoms with Crippen molar-refractivity contribution in [2.24, 2.45) is 5.92 Å². The first kappa shape index (κ1) is 24.9. The number of anilines is 1. The molecule has 3 aromatic rings. The molecule has 3 fully saturated rings. The number of piperidine rings is 3. The molecule has 188 valence electrons. The van der Waals surface area contributed by atoms with E-state index in [1.807, 2.05) is 11.3 Å². The molecule has 2 bridgehead atoms. The van der Waals surface area contributed by atoms with Gasteiger partial charge in [0, 0.05) is 34.7 Å². The van der Waals surface area contributed by atoms with Crippen molar-refractivity contribution in [3.63, 3.8) is 0 Å². The molecule has 4 heteroatoms. The summed E-state index contributed by atoms with van der Waals surface area (Å²) >= 11 is 1.87. The molecule has 3 aliphatic heterocycles. The summed E-state index contributed by atoms with van der Waals surface area (Å²) in [5.41, 5.74) is 6.40. The van der Waals surface area contributed by atoms with Crippen LogP contribution in [-0.2, 0) is 0 Å². The van der Waals surface area contributed by atoms with Gasteiger partial charge in [0.15, 0.2) is 0 Å². The van der Waals surface area contributed by atoms with Crippen molar-refractivity contribution in [2.45, 2.75) is 51.1 Å². The smallest absolute Gasteiger partial charge is 0.0508 e. The number of hydrogen-bond acceptors (Lipinski definition) is 4. The first-order chi connectivity index (χ1) is 17.6. The second-order valence-electron chi connectivity index (χ2n) is 10.3. The molecule has 0 radical (unpaired) electrons. The molecular weight excluding hydrogens is 458 g/mol. The van der Waals surface area contributed by atoms with E-state index in [2.05, 4.69) is 96.8 Å². The summed E-state index contributed by atoms with van der Waals surface area (Å²) in [4.78, 5) is 3.86. The molecule has 0 spiro atoms. The Labute approximate surface area is 220 Å². The van der Waals surface area contributed by atoms with E-state index in [1.165, 1.54) is 77.0 Å². The zero-order chi connectivity index (χ0) is 25.1. The quantitative estimate of drug-likeness (QED) is 0.325. The van der Waals surface area contributed by atoms with Gasteiger partial charge in [-0.2, -0.15) is 0 Å². The lowest BCUT2D eigenvalue weighted by atomic mass is 9.84. The highest BCUT2D eigenvalue weighted by atomic mass is 32.1. The first-order valence-electron chi connectivity index (χ1n) is 13.4. The fourth-order valence-corrected chi connectivity index (χ4v) is 7.20. The number of thiophene rings is 1. The predicted molar refractivity (Wildman–Crippen MR) is 159 cm³/mol. The highest BCUT2D eigenvalue weighted by Gasteiger charge is 2.34. The molecule has 2 aromatic carbocycles.